The molecule has 1 fully saturated rings. The van der Waals surface area contributed by atoms with Crippen LogP contribution in [0.5, 0.6) is 0 Å². The van der Waals surface area contributed by atoms with Crippen molar-refractivity contribution >= 4 is 0 Å². The third kappa shape index (κ3) is 4.18. The first kappa shape index (κ1) is 20.5. The van der Waals surface area contributed by atoms with Crippen molar-refractivity contribution in [3.05, 3.63) is 65.7 Å². The summed E-state index contributed by atoms with van der Waals surface area (Å²) in [4.78, 5) is 4.87. The van der Waals surface area contributed by atoms with Gasteiger partial charge in [-0.1, -0.05) is 55.5 Å². The maximum atomic E-state index is 6.12. The summed E-state index contributed by atoms with van der Waals surface area (Å²) in [6.45, 7) is 2.83. The Labute approximate surface area is 187 Å². The number of rotatable bonds is 6. The molecule has 1 saturated carbocycles. The van der Waals surface area contributed by atoms with Crippen molar-refractivity contribution in [1.29, 1.82) is 0 Å². The largest absolute Gasteiger partial charge is 0.328 e. The van der Waals surface area contributed by atoms with Crippen LogP contribution < -0.4 is 5.73 Å². The van der Waals surface area contributed by atoms with Crippen molar-refractivity contribution in [2.45, 2.75) is 57.5 Å². The van der Waals surface area contributed by atoms with E-state index in [2.05, 4.69) is 62.6 Å². The maximum Gasteiger partial charge on any atom is 0.180 e. The van der Waals surface area contributed by atoms with E-state index in [0.29, 0.717) is 17.8 Å². The average Bonchev–Trinajstić information content (AvgIpc) is 3.51. The summed E-state index contributed by atoms with van der Waals surface area (Å²) in [5.74, 6) is 3.14. The van der Waals surface area contributed by atoms with Gasteiger partial charge in [-0.15, -0.1) is 5.10 Å². The molecule has 0 amide bonds. The number of H-pyrrole nitrogens is 1. The predicted octanol–water partition coefficient (Wildman–Crippen LogP) is 3.72. The zero-order chi connectivity index (χ0) is 21.9. The Morgan fingerprint density at radius 1 is 1.00 bits per heavy atom. The highest BCUT2D eigenvalue weighted by molar-refractivity contribution is 5.80. The van der Waals surface area contributed by atoms with E-state index in [4.69, 9.17) is 15.8 Å². The zero-order valence-electron chi connectivity index (χ0n) is 18.3. The highest BCUT2D eigenvalue weighted by Crippen LogP contribution is 2.32. The molecule has 0 radical (unpaired) electrons. The number of aromatic nitrogens is 7. The van der Waals surface area contributed by atoms with Crippen LogP contribution in [0.3, 0.4) is 0 Å². The topological polar surface area (TPSA) is 111 Å². The molecule has 8 heteroatoms. The fourth-order valence-corrected chi connectivity index (χ4v) is 4.53. The smallest absolute Gasteiger partial charge is 0.180 e. The van der Waals surface area contributed by atoms with E-state index in [1.807, 2.05) is 18.2 Å². The van der Waals surface area contributed by atoms with Crippen molar-refractivity contribution < 1.29 is 0 Å². The van der Waals surface area contributed by atoms with Gasteiger partial charge in [-0.3, -0.25) is 0 Å². The van der Waals surface area contributed by atoms with E-state index in [-0.39, 0.29) is 0 Å². The molecule has 0 unspecified atom stereocenters. The van der Waals surface area contributed by atoms with Crippen LogP contribution in [-0.4, -0.2) is 41.4 Å². The standard InChI is InChI=1S/C24H28N8/c1-2-22-26-24(18-11-13-19(25)14-12-18)32(29-22)15-16-7-9-17(10-8-16)20-5-3-4-6-21(20)23-27-30-31-28-23/h3-10,18-19H,2,11-15,25H2,1H3,(H,27,28,30,31). The SMILES string of the molecule is CCc1nc(C2CCC(N)CC2)n(Cc2ccc(-c3ccccc3-c3nnn[nH]3)cc2)n1. The van der Waals surface area contributed by atoms with Crippen molar-refractivity contribution in [2.75, 3.05) is 0 Å². The quantitative estimate of drug-likeness (QED) is 0.484. The van der Waals surface area contributed by atoms with Crippen molar-refractivity contribution in [3.8, 4) is 22.5 Å². The number of hydrogen-bond acceptors (Lipinski definition) is 6. The van der Waals surface area contributed by atoms with Gasteiger partial charge in [0, 0.05) is 23.9 Å². The second-order valence-corrected chi connectivity index (χ2v) is 8.50. The third-order valence-corrected chi connectivity index (χ3v) is 6.32. The monoisotopic (exact) mass is 428 g/mol. The summed E-state index contributed by atoms with van der Waals surface area (Å²) in [6, 6.07) is 17.1. The molecule has 1 aliphatic carbocycles. The fraction of sp³-hybridized carbons (Fsp3) is 0.375. The van der Waals surface area contributed by atoms with Gasteiger partial charge >= 0.3 is 0 Å². The molecule has 5 rings (SSSR count). The molecule has 32 heavy (non-hydrogen) atoms. The summed E-state index contributed by atoms with van der Waals surface area (Å²) in [5, 5.41) is 19.1. The first-order valence-corrected chi connectivity index (χ1v) is 11.3. The van der Waals surface area contributed by atoms with Gasteiger partial charge in [-0.25, -0.2) is 14.8 Å². The van der Waals surface area contributed by atoms with Crippen molar-refractivity contribution in [1.82, 2.24) is 35.4 Å². The minimum Gasteiger partial charge on any atom is -0.328 e. The first-order chi connectivity index (χ1) is 15.7. The molecular weight excluding hydrogens is 400 g/mol. The van der Waals surface area contributed by atoms with Crippen LogP contribution in [-0.2, 0) is 13.0 Å². The molecule has 0 bridgehead atoms. The lowest BCUT2D eigenvalue weighted by molar-refractivity contribution is 0.374. The van der Waals surface area contributed by atoms with E-state index in [9.17, 15) is 0 Å². The Kier molecular flexibility index (Phi) is 5.77. The second-order valence-electron chi connectivity index (χ2n) is 8.50. The van der Waals surface area contributed by atoms with Crippen LogP contribution in [0.1, 0.15) is 55.7 Å². The van der Waals surface area contributed by atoms with Gasteiger partial charge < -0.3 is 5.73 Å². The average molecular weight is 429 g/mol. The number of nitrogens with zero attached hydrogens (tertiary/aromatic N) is 6. The van der Waals surface area contributed by atoms with Gasteiger partial charge in [0.2, 0.25) is 0 Å². The second kappa shape index (κ2) is 9.00. The number of aromatic amines is 1. The van der Waals surface area contributed by atoms with Crippen LogP contribution in [0.4, 0.5) is 0 Å². The summed E-state index contributed by atoms with van der Waals surface area (Å²) in [7, 11) is 0. The molecule has 8 nitrogen and oxygen atoms in total. The Hall–Kier alpha value is -3.39. The summed E-state index contributed by atoms with van der Waals surface area (Å²) >= 11 is 0. The molecule has 4 aromatic rings. The third-order valence-electron chi connectivity index (χ3n) is 6.32. The number of aryl methyl sites for hydroxylation is 1. The summed E-state index contributed by atoms with van der Waals surface area (Å²) in [5.41, 5.74) is 10.5. The number of tetrazole rings is 1. The summed E-state index contributed by atoms with van der Waals surface area (Å²) in [6.07, 6.45) is 5.16. The molecule has 0 spiro atoms. The van der Waals surface area contributed by atoms with Crippen molar-refractivity contribution in [3.63, 3.8) is 0 Å². The number of nitrogens with one attached hydrogen (secondary N) is 1. The lowest BCUT2D eigenvalue weighted by Gasteiger charge is -2.25. The Bertz CT molecular complexity index is 1160. The molecule has 0 aliphatic heterocycles. The van der Waals surface area contributed by atoms with E-state index < -0.39 is 0 Å². The highest BCUT2D eigenvalue weighted by Gasteiger charge is 2.25. The predicted molar refractivity (Wildman–Crippen MR) is 123 cm³/mol. The number of benzene rings is 2. The first-order valence-electron chi connectivity index (χ1n) is 11.3. The fourth-order valence-electron chi connectivity index (χ4n) is 4.53. The molecule has 2 heterocycles. The van der Waals surface area contributed by atoms with Crippen LogP contribution in [0, 0.1) is 0 Å². The van der Waals surface area contributed by atoms with E-state index in [1.165, 1.54) is 5.56 Å². The number of nitrogens with two attached hydrogens (primary N) is 1. The molecule has 3 N–H and O–H groups in total. The van der Waals surface area contributed by atoms with Crippen molar-refractivity contribution in [2.24, 2.45) is 5.73 Å². The zero-order valence-corrected chi connectivity index (χ0v) is 18.3. The normalized spacial score (nSPS) is 18.7. The molecule has 2 aromatic carbocycles. The van der Waals surface area contributed by atoms with E-state index in [1.54, 1.807) is 0 Å². The molecular formula is C24H28N8. The maximum absolute atomic E-state index is 6.12. The Morgan fingerprint density at radius 3 is 2.44 bits per heavy atom. The van der Waals surface area contributed by atoms with Crippen LogP contribution in [0.25, 0.3) is 22.5 Å². The molecule has 2 aromatic heterocycles. The lowest BCUT2D eigenvalue weighted by atomic mass is 9.86. The molecule has 0 saturated heterocycles. The highest BCUT2D eigenvalue weighted by atomic mass is 15.5. The Balaban J connectivity index is 1.39. The van der Waals surface area contributed by atoms with Crippen LogP contribution in [0.2, 0.25) is 0 Å². The number of hydrogen-bond donors (Lipinski definition) is 2. The van der Waals surface area contributed by atoms with E-state index >= 15 is 0 Å². The minimum atomic E-state index is 0.330. The summed E-state index contributed by atoms with van der Waals surface area (Å²) < 4.78 is 2.10. The van der Waals surface area contributed by atoms with Gasteiger partial charge in [0.05, 0.1) is 6.54 Å². The lowest BCUT2D eigenvalue weighted by Crippen LogP contribution is -2.27. The molecule has 1 aliphatic rings. The van der Waals surface area contributed by atoms with Gasteiger partial charge in [0.15, 0.2) is 11.6 Å². The van der Waals surface area contributed by atoms with Crippen LogP contribution in [0.15, 0.2) is 48.5 Å². The van der Waals surface area contributed by atoms with Gasteiger partial charge in [-0.05, 0) is 52.8 Å². The Morgan fingerprint density at radius 2 is 1.75 bits per heavy atom. The van der Waals surface area contributed by atoms with Gasteiger partial charge in [0.1, 0.15) is 5.82 Å². The van der Waals surface area contributed by atoms with Gasteiger partial charge in [-0.2, -0.15) is 5.10 Å². The van der Waals surface area contributed by atoms with Gasteiger partial charge in [0.25, 0.3) is 0 Å². The van der Waals surface area contributed by atoms with E-state index in [0.717, 1.165) is 67.0 Å². The minimum absolute atomic E-state index is 0.330. The molecule has 0 atom stereocenters. The van der Waals surface area contributed by atoms with Crippen LogP contribution >= 0.6 is 0 Å². The molecule has 164 valence electrons.